The molecule has 12 heteroatoms. The summed E-state index contributed by atoms with van der Waals surface area (Å²) in [6.45, 7) is 0.793. The number of fused-ring (bicyclic) bond motifs is 2. The van der Waals surface area contributed by atoms with Crippen LogP contribution in [0.4, 0.5) is 5.69 Å². The summed E-state index contributed by atoms with van der Waals surface area (Å²) in [6, 6.07) is 33.0. The molecule has 3 amide bonds. The predicted octanol–water partition coefficient (Wildman–Crippen LogP) is 9.25. The zero-order valence-electron chi connectivity index (χ0n) is 37.5. The fourth-order valence-electron chi connectivity index (χ4n) is 11.7. The SMILES string of the molecule is O=C(OCc1ccccc1)c1cc(NC(=O)C2Cc3ccccc3CCCCN2C(=O)c2cc3[nH]cnc3cc2C(=O)NCC23CC4CC(CC(C4)C2)C3)cc(C(=O)OCc2ccccc2)c1. The number of ether oxygens (including phenoxy) is 2. The lowest BCUT2D eigenvalue weighted by Gasteiger charge is -2.56. The number of nitrogens with zero attached hydrogens (tertiary/aromatic N) is 2. The van der Waals surface area contributed by atoms with Gasteiger partial charge in [-0.3, -0.25) is 14.4 Å². The number of aryl methyl sites for hydroxylation is 1. The molecule has 4 fully saturated rings. The third-order valence-corrected chi connectivity index (χ3v) is 14.5. The molecule has 4 bridgehead atoms. The molecule has 4 aliphatic carbocycles. The molecule has 1 aliphatic heterocycles. The van der Waals surface area contributed by atoms with Gasteiger partial charge in [0.15, 0.2) is 0 Å². The number of aromatic nitrogens is 2. The van der Waals surface area contributed by atoms with E-state index in [9.17, 15) is 14.4 Å². The second-order valence-electron chi connectivity index (χ2n) is 19.3. The van der Waals surface area contributed by atoms with E-state index in [0.29, 0.717) is 24.0 Å². The first-order chi connectivity index (χ1) is 32.6. The maximum Gasteiger partial charge on any atom is 0.338 e. The molecule has 4 saturated carbocycles. The van der Waals surface area contributed by atoms with Crippen LogP contribution < -0.4 is 10.6 Å². The van der Waals surface area contributed by atoms with Gasteiger partial charge in [0.2, 0.25) is 5.91 Å². The lowest BCUT2D eigenvalue weighted by Crippen LogP contribution is -2.51. The number of carbonyl (C=O) groups is 5. The van der Waals surface area contributed by atoms with Crippen LogP contribution in [0, 0.1) is 23.2 Å². The summed E-state index contributed by atoms with van der Waals surface area (Å²) < 4.78 is 11.3. The third-order valence-electron chi connectivity index (χ3n) is 14.5. The summed E-state index contributed by atoms with van der Waals surface area (Å²) in [4.78, 5) is 81.3. The highest BCUT2D eigenvalue weighted by molar-refractivity contribution is 6.11. The second-order valence-corrected chi connectivity index (χ2v) is 19.3. The molecule has 11 rings (SSSR count). The number of imidazole rings is 1. The fraction of sp³-hybridized carbons (Fsp3) is 0.345. The molecule has 5 aliphatic rings. The number of benzene rings is 5. The summed E-state index contributed by atoms with van der Waals surface area (Å²) >= 11 is 0. The Hall–Kier alpha value is -7.08. The van der Waals surface area contributed by atoms with Gasteiger partial charge in [0.25, 0.3) is 11.8 Å². The Morgan fingerprint density at radius 2 is 1.28 bits per heavy atom. The lowest BCUT2D eigenvalue weighted by atomic mass is 9.49. The molecule has 1 unspecified atom stereocenters. The van der Waals surface area contributed by atoms with E-state index in [1.165, 1.54) is 37.5 Å². The number of aromatic amines is 1. The van der Waals surface area contributed by atoms with Gasteiger partial charge in [0.05, 0.1) is 39.6 Å². The maximum absolute atomic E-state index is 15.3. The first-order valence-electron chi connectivity index (χ1n) is 23.7. The molecular weight excluding hydrogens is 843 g/mol. The Morgan fingerprint density at radius 1 is 0.687 bits per heavy atom. The first-order valence-corrected chi connectivity index (χ1v) is 23.7. The van der Waals surface area contributed by atoms with Crippen LogP contribution in [-0.2, 0) is 40.3 Å². The minimum absolute atomic E-state index is 0.00474. The number of amides is 3. The van der Waals surface area contributed by atoms with E-state index in [2.05, 4.69) is 26.7 Å². The molecule has 5 aromatic carbocycles. The van der Waals surface area contributed by atoms with Crippen molar-refractivity contribution in [2.75, 3.05) is 18.4 Å². The Balaban J connectivity index is 0.963. The fourth-order valence-corrected chi connectivity index (χ4v) is 11.7. The highest BCUT2D eigenvalue weighted by Gasteiger charge is 2.51. The summed E-state index contributed by atoms with van der Waals surface area (Å²) in [6.07, 6.45) is 11.1. The zero-order valence-corrected chi connectivity index (χ0v) is 37.5. The van der Waals surface area contributed by atoms with Crippen molar-refractivity contribution in [1.82, 2.24) is 20.2 Å². The molecule has 0 saturated heterocycles. The number of hydrogen-bond acceptors (Lipinski definition) is 8. The molecular formula is C55H55N5O7. The van der Waals surface area contributed by atoms with E-state index in [1.54, 1.807) is 23.4 Å². The maximum atomic E-state index is 15.3. The van der Waals surface area contributed by atoms with Gasteiger partial charge in [-0.1, -0.05) is 84.9 Å². The lowest BCUT2D eigenvalue weighted by molar-refractivity contribution is -0.120. The average molecular weight is 898 g/mol. The van der Waals surface area contributed by atoms with Gasteiger partial charge in [0, 0.05) is 25.2 Å². The van der Waals surface area contributed by atoms with E-state index in [-0.39, 0.29) is 65.4 Å². The smallest absolute Gasteiger partial charge is 0.338 e. The van der Waals surface area contributed by atoms with Crippen LogP contribution in [0.25, 0.3) is 11.0 Å². The highest BCUT2D eigenvalue weighted by Crippen LogP contribution is 2.59. The summed E-state index contributed by atoms with van der Waals surface area (Å²) in [5, 5.41) is 6.27. The van der Waals surface area contributed by atoms with Crippen LogP contribution in [0.2, 0.25) is 0 Å². The topological polar surface area (TPSA) is 160 Å². The molecule has 0 spiro atoms. The minimum atomic E-state index is -1.06. The average Bonchev–Trinajstić information content (AvgIpc) is 3.84. The normalized spacial score (nSPS) is 21.9. The van der Waals surface area contributed by atoms with Gasteiger partial charge in [-0.15, -0.1) is 0 Å². The van der Waals surface area contributed by atoms with Crippen molar-refractivity contribution in [3.63, 3.8) is 0 Å². The number of carbonyl (C=O) groups excluding carboxylic acids is 5. The molecule has 2 heterocycles. The third kappa shape index (κ3) is 9.75. The molecule has 1 atom stereocenters. The van der Waals surface area contributed by atoms with Gasteiger partial charge < -0.3 is 30.0 Å². The Kier molecular flexibility index (Phi) is 12.4. The largest absolute Gasteiger partial charge is 0.457 e. The van der Waals surface area contributed by atoms with Gasteiger partial charge in [-0.25, -0.2) is 14.6 Å². The quantitative estimate of drug-likeness (QED) is 0.103. The van der Waals surface area contributed by atoms with E-state index >= 15 is 9.59 Å². The number of rotatable bonds is 12. The number of hydrogen-bond donors (Lipinski definition) is 3. The Labute approximate surface area is 389 Å². The van der Waals surface area contributed by atoms with Gasteiger partial charge in [0.1, 0.15) is 19.3 Å². The number of anilines is 1. The molecule has 67 heavy (non-hydrogen) atoms. The van der Waals surface area contributed by atoms with E-state index < -0.39 is 29.8 Å². The molecule has 3 N–H and O–H groups in total. The number of nitrogens with one attached hydrogen (secondary N) is 3. The van der Waals surface area contributed by atoms with Crippen molar-refractivity contribution in [2.24, 2.45) is 23.2 Å². The number of H-pyrrole nitrogens is 1. The van der Waals surface area contributed by atoms with Crippen molar-refractivity contribution >= 4 is 46.4 Å². The van der Waals surface area contributed by atoms with Crippen molar-refractivity contribution in [1.29, 1.82) is 0 Å². The van der Waals surface area contributed by atoms with Crippen LogP contribution >= 0.6 is 0 Å². The molecule has 12 nitrogen and oxygen atoms in total. The number of esters is 2. The monoisotopic (exact) mass is 897 g/mol. The van der Waals surface area contributed by atoms with Crippen molar-refractivity contribution < 1.29 is 33.4 Å². The van der Waals surface area contributed by atoms with Crippen molar-refractivity contribution in [3.8, 4) is 0 Å². The van der Waals surface area contributed by atoms with Crippen molar-refractivity contribution in [2.45, 2.75) is 83.5 Å². The standard InChI is InChI=1S/C55H55N5O7/c61-50(56-33-55-28-37-19-38(29-55)21-39(20-37)30-55)45-26-47-48(58-34-57-47)27-46(45)52(63)60-18-10-9-16-40-15-7-8-17-41(40)25-49(60)51(62)59-44-23-42(53(64)66-31-35-11-3-1-4-12-35)22-43(24-44)54(65)67-32-36-13-5-2-6-14-36/h1-8,11-15,17,22-24,26-27,34,37-39,49H,9-10,16,18-21,25,28-33H2,(H,56,61)(H,57,58)(H,59,62). The van der Waals surface area contributed by atoms with Gasteiger partial charge in [-0.2, -0.15) is 0 Å². The summed E-state index contributed by atoms with van der Waals surface area (Å²) in [5.41, 5.74) is 5.41. The Bertz CT molecular complexity index is 2710. The molecule has 1 aromatic heterocycles. The highest BCUT2D eigenvalue weighted by atomic mass is 16.5. The molecule has 0 radical (unpaired) electrons. The summed E-state index contributed by atoms with van der Waals surface area (Å²) in [7, 11) is 0. The zero-order chi connectivity index (χ0) is 45.9. The Morgan fingerprint density at radius 3 is 1.91 bits per heavy atom. The van der Waals surface area contributed by atoms with Crippen LogP contribution in [0.3, 0.4) is 0 Å². The van der Waals surface area contributed by atoms with E-state index in [4.69, 9.17) is 9.47 Å². The van der Waals surface area contributed by atoms with Gasteiger partial charge >= 0.3 is 11.9 Å². The summed E-state index contributed by atoms with van der Waals surface area (Å²) in [5.74, 6) is -0.550. The van der Waals surface area contributed by atoms with Gasteiger partial charge in [-0.05, 0) is 134 Å². The van der Waals surface area contributed by atoms with Crippen LogP contribution in [0.5, 0.6) is 0 Å². The van der Waals surface area contributed by atoms with E-state index in [0.717, 1.165) is 72.1 Å². The molecule has 342 valence electrons. The first kappa shape index (κ1) is 43.8. The van der Waals surface area contributed by atoms with Crippen molar-refractivity contribution in [3.05, 3.63) is 166 Å². The second kappa shape index (κ2) is 19.0. The van der Waals surface area contributed by atoms with Crippen LogP contribution in [0.15, 0.2) is 122 Å². The minimum Gasteiger partial charge on any atom is -0.457 e. The van der Waals surface area contributed by atoms with Crippen LogP contribution in [0.1, 0.15) is 115 Å². The predicted molar refractivity (Wildman–Crippen MR) is 253 cm³/mol. The van der Waals surface area contributed by atoms with Crippen LogP contribution in [-0.4, -0.2) is 63.7 Å². The van der Waals surface area contributed by atoms with E-state index in [1.807, 2.05) is 78.9 Å². The molecule has 6 aromatic rings.